The zero-order valence-corrected chi connectivity index (χ0v) is 9.93. The average Bonchev–Trinajstić information content (AvgIpc) is 2.93. The number of rotatable bonds is 3. The lowest BCUT2D eigenvalue weighted by Crippen LogP contribution is -2.36. The third-order valence-electron chi connectivity index (χ3n) is 4.06. The van der Waals surface area contributed by atoms with Crippen LogP contribution in [0.15, 0.2) is 24.3 Å². The van der Waals surface area contributed by atoms with Crippen molar-refractivity contribution in [1.29, 1.82) is 0 Å². The van der Waals surface area contributed by atoms with Crippen LogP contribution in [0, 0.1) is 5.92 Å². The van der Waals surface area contributed by atoms with Crippen LogP contribution in [0.25, 0.3) is 0 Å². The van der Waals surface area contributed by atoms with Gasteiger partial charge in [0.25, 0.3) is 0 Å². The standard InChI is InChI=1S/C14H18N2O/c15-8-10-2-1-3-11(6-10)9-16-13-5-4-12(7-13)14(16)17/h1-3,6,12-13H,4-5,7-9,15H2. The second kappa shape index (κ2) is 4.15. The summed E-state index contributed by atoms with van der Waals surface area (Å²) in [5.74, 6) is 0.678. The third kappa shape index (κ3) is 1.84. The van der Waals surface area contributed by atoms with Crippen molar-refractivity contribution in [2.45, 2.75) is 38.4 Å². The van der Waals surface area contributed by atoms with E-state index in [2.05, 4.69) is 17.0 Å². The predicted molar refractivity (Wildman–Crippen MR) is 66.0 cm³/mol. The molecule has 2 fully saturated rings. The molecular formula is C14H18N2O. The first-order valence-corrected chi connectivity index (χ1v) is 6.36. The summed E-state index contributed by atoms with van der Waals surface area (Å²) in [6, 6.07) is 8.74. The minimum atomic E-state index is 0.317. The second-order valence-electron chi connectivity index (χ2n) is 5.15. The SMILES string of the molecule is NCc1cccc(CN2C(=O)C3CCC2C3)c1. The van der Waals surface area contributed by atoms with Gasteiger partial charge in [-0.05, 0) is 30.4 Å². The van der Waals surface area contributed by atoms with Gasteiger partial charge in [0.1, 0.15) is 0 Å². The monoisotopic (exact) mass is 230 g/mol. The van der Waals surface area contributed by atoms with Crippen molar-refractivity contribution in [3.8, 4) is 0 Å². The summed E-state index contributed by atoms with van der Waals surface area (Å²) in [5, 5.41) is 0. The fourth-order valence-electron chi connectivity index (χ4n) is 3.14. The highest BCUT2D eigenvalue weighted by molar-refractivity contribution is 5.82. The molecule has 2 bridgehead atoms. The highest BCUT2D eigenvalue weighted by Crippen LogP contribution is 2.39. The molecule has 1 saturated carbocycles. The molecule has 1 aliphatic heterocycles. The molecule has 0 radical (unpaired) electrons. The van der Waals surface area contributed by atoms with Crippen LogP contribution in [0.1, 0.15) is 30.4 Å². The Morgan fingerprint density at radius 3 is 2.82 bits per heavy atom. The zero-order chi connectivity index (χ0) is 11.8. The van der Waals surface area contributed by atoms with Gasteiger partial charge < -0.3 is 10.6 Å². The van der Waals surface area contributed by atoms with Gasteiger partial charge in [0, 0.05) is 25.0 Å². The van der Waals surface area contributed by atoms with Crippen LogP contribution in [0.5, 0.6) is 0 Å². The third-order valence-corrected chi connectivity index (χ3v) is 4.06. The van der Waals surface area contributed by atoms with E-state index in [1.54, 1.807) is 0 Å². The van der Waals surface area contributed by atoms with E-state index in [0.717, 1.165) is 24.9 Å². The number of piperidine rings is 1. The van der Waals surface area contributed by atoms with Crippen LogP contribution >= 0.6 is 0 Å². The molecule has 1 saturated heterocycles. The molecule has 1 heterocycles. The number of nitrogens with zero attached hydrogens (tertiary/aromatic N) is 1. The number of amides is 1. The summed E-state index contributed by atoms with van der Waals surface area (Å²) in [6.07, 6.45) is 3.37. The molecular weight excluding hydrogens is 212 g/mol. The van der Waals surface area contributed by atoms with Crippen molar-refractivity contribution in [2.24, 2.45) is 11.7 Å². The maximum Gasteiger partial charge on any atom is 0.226 e. The lowest BCUT2D eigenvalue weighted by Gasteiger charge is -2.27. The Labute approximate surface area is 102 Å². The Kier molecular flexibility index (Phi) is 2.63. The highest BCUT2D eigenvalue weighted by Gasteiger charge is 2.44. The zero-order valence-electron chi connectivity index (χ0n) is 9.93. The molecule has 2 unspecified atom stereocenters. The first-order chi connectivity index (χ1) is 8.28. The first-order valence-electron chi connectivity index (χ1n) is 6.36. The van der Waals surface area contributed by atoms with Crippen LogP contribution < -0.4 is 5.73 Å². The number of fused-ring (bicyclic) bond motifs is 2. The largest absolute Gasteiger partial charge is 0.335 e. The number of likely N-dealkylation sites (tertiary alicyclic amines) is 1. The molecule has 2 aliphatic rings. The lowest BCUT2D eigenvalue weighted by molar-refractivity contribution is -0.134. The maximum atomic E-state index is 12.0. The second-order valence-corrected chi connectivity index (χ2v) is 5.15. The van der Waals surface area contributed by atoms with Crippen LogP contribution in [0.2, 0.25) is 0 Å². The van der Waals surface area contributed by atoms with Gasteiger partial charge in [-0.1, -0.05) is 24.3 Å². The lowest BCUT2D eigenvalue weighted by atomic mass is 10.1. The van der Waals surface area contributed by atoms with Crippen molar-refractivity contribution in [3.05, 3.63) is 35.4 Å². The van der Waals surface area contributed by atoms with Crippen LogP contribution in [0.3, 0.4) is 0 Å². The van der Waals surface area contributed by atoms with E-state index in [0.29, 0.717) is 24.4 Å². The van der Waals surface area contributed by atoms with Crippen molar-refractivity contribution in [2.75, 3.05) is 0 Å². The van der Waals surface area contributed by atoms with E-state index < -0.39 is 0 Å². The smallest absolute Gasteiger partial charge is 0.226 e. The van der Waals surface area contributed by atoms with E-state index in [1.165, 1.54) is 12.0 Å². The molecule has 0 spiro atoms. The molecule has 3 nitrogen and oxygen atoms in total. The van der Waals surface area contributed by atoms with E-state index in [-0.39, 0.29) is 0 Å². The van der Waals surface area contributed by atoms with Gasteiger partial charge in [0.2, 0.25) is 5.91 Å². The molecule has 3 heteroatoms. The minimum absolute atomic E-state index is 0.317. The number of carbonyl (C=O) groups excluding carboxylic acids is 1. The number of carbonyl (C=O) groups is 1. The highest BCUT2D eigenvalue weighted by atomic mass is 16.2. The van der Waals surface area contributed by atoms with Gasteiger partial charge in [-0.25, -0.2) is 0 Å². The molecule has 1 aliphatic carbocycles. The van der Waals surface area contributed by atoms with E-state index >= 15 is 0 Å². The van der Waals surface area contributed by atoms with Crippen molar-refractivity contribution >= 4 is 5.91 Å². The molecule has 1 aromatic carbocycles. The van der Waals surface area contributed by atoms with Gasteiger partial charge in [0.05, 0.1) is 0 Å². The molecule has 2 N–H and O–H groups in total. The Morgan fingerprint density at radius 2 is 2.12 bits per heavy atom. The summed E-state index contributed by atoms with van der Waals surface area (Å²) >= 11 is 0. The van der Waals surface area contributed by atoms with Gasteiger partial charge in [-0.3, -0.25) is 4.79 Å². The van der Waals surface area contributed by atoms with E-state index in [1.807, 2.05) is 12.1 Å². The number of benzene rings is 1. The summed E-state index contributed by atoms with van der Waals surface area (Å²) in [4.78, 5) is 14.1. The molecule has 2 atom stereocenters. The summed E-state index contributed by atoms with van der Waals surface area (Å²) < 4.78 is 0. The molecule has 17 heavy (non-hydrogen) atoms. The van der Waals surface area contributed by atoms with Crippen molar-refractivity contribution in [3.63, 3.8) is 0 Å². The van der Waals surface area contributed by atoms with Crippen LogP contribution in [0.4, 0.5) is 0 Å². The van der Waals surface area contributed by atoms with Crippen molar-refractivity contribution < 1.29 is 4.79 Å². The molecule has 0 aromatic heterocycles. The number of hydrogen-bond donors (Lipinski definition) is 1. The van der Waals surface area contributed by atoms with Crippen LogP contribution in [-0.4, -0.2) is 16.8 Å². The Balaban J connectivity index is 1.76. The van der Waals surface area contributed by atoms with Gasteiger partial charge in [0.15, 0.2) is 0 Å². The Bertz CT molecular complexity index is 444. The first kappa shape index (κ1) is 10.8. The topological polar surface area (TPSA) is 46.3 Å². The summed E-state index contributed by atoms with van der Waals surface area (Å²) in [6.45, 7) is 1.32. The Morgan fingerprint density at radius 1 is 1.29 bits per heavy atom. The van der Waals surface area contributed by atoms with E-state index in [9.17, 15) is 4.79 Å². The maximum absolute atomic E-state index is 12.0. The van der Waals surface area contributed by atoms with E-state index in [4.69, 9.17) is 5.73 Å². The molecule has 90 valence electrons. The fraction of sp³-hybridized carbons (Fsp3) is 0.500. The Hall–Kier alpha value is -1.35. The summed E-state index contributed by atoms with van der Waals surface area (Å²) in [5.41, 5.74) is 7.98. The van der Waals surface area contributed by atoms with Gasteiger partial charge in [-0.15, -0.1) is 0 Å². The molecule has 1 aromatic rings. The van der Waals surface area contributed by atoms with Gasteiger partial charge >= 0.3 is 0 Å². The fourth-order valence-corrected chi connectivity index (χ4v) is 3.14. The average molecular weight is 230 g/mol. The van der Waals surface area contributed by atoms with Crippen molar-refractivity contribution in [1.82, 2.24) is 4.90 Å². The quantitative estimate of drug-likeness (QED) is 0.858. The number of nitrogens with two attached hydrogens (primary N) is 1. The normalized spacial score (nSPS) is 26.9. The predicted octanol–water partition coefficient (Wildman–Crippen LogP) is 1.66. The van der Waals surface area contributed by atoms with Gasteiger partial charge in [-0.2, -0.15) is 0 Å². The van der Waals surface area contributed by atoms with Crippen LogP contribution in [-0.2, 0) is 17.9 Å². The minimum Gasteiger partial charge on any atom is -0.335 e. The number of hydrogen-bond acceptors (Lipinski definition) is 2. The molecule has 3 rings (SSSR count). The summed E-state index contributed by atoms with van der Waals surface area (Å²) in [7, 11) is 0. The molecule has 1 amide bonds.